The van der Waals surface area contributed by atoms with Crippen LogP contribution in [0.15, 0.2) is 42.5 Å². The van der Waals surface area contributed by atoms with Crippen molar-refractivity contribution in [3.63, 3.8) is 0 Å². The minimum Gasteiger partial charge on any atom is -0.508 e. The molecule has 2 aliphatic heterocycles. The van der Waals surface area contributed by atoms with Crippen molar-refractivity contribution in [3.8, 4) is 11.5 Å². The second-order valence-electron chi connectivity index (χ2n) is 8.36. The zero-order valence-electron chi connectivity index (χ0n) is 17.6. The van der Waals surface area contributed by atoms with Crippen LogP contribution in [0, 0.1) is 5.92 Å². The van der Waals surface area contributed by atoms with Gasteiger partial charge < -0.3 is 9.84 Å². The van der Waals surface area contributed by atoms with Crippen molar-refractivity contribution in [2.75, 3.05) is 39.0 Å². The van der Waals surface area contributed by atoms with E-state index in [-0.39, 0.29) is 5.75 Å². The number of nitrogens with zero attached hydrogens (tertiary/aromatic N) is 2. The zero-order chi connectivity index (χ0) is 21.3. The van der Waals surface area contributed by atoms with Crippen molar-refractivity contribution in [3.05, 3.63) is 59.2 Å². The van der Waals surface area contributed by atoms with Crippen molar-refractivity contribution in [2.24, 2.45) is 5.92 Å². The van der Waals surface area contributed by atoms with Gasteiger partial charge in [0.15, 0.2) is 0 Å². The molecule has 0 bridgehead atoms. The van der Waals surface area contributed by atoms with Gasteiger partial charge in [-0.3, -0.25) is 4.90 Å². The number of hydrogen-bond acceptors (Lipinski definition) is 5. The molecular weight excluding hydrogens is 400 g/mol. The summed E-state index contributed by atoms with van der Waals surface area (Å²) in [5.74, 6) is 1.83. The maximum Gasteiger partial charge on any atom is 0.212 e. The standard InChI is InChI=1S/C23H30N2O4S/c1-3-17-15-24(16-17)12-13-29-21-7-4-18(5-8-21)23-22-9-6-20(26)14-19(22)10-11-25(23)30(2,27)28/h4-9,14,17,23,26H,3,10-13,15-16H2,1-2H3/t23-/m0/s1. The highest BCUT2D eigenvalue weighted by Crippen LogP contribution is 2.38. The number of likely N-dealkylation sites (tertiary alicyclic amines) is 1. The lowest BCUT2D eigenvalue weighted by molar-refractivity contribution is 0.0806. The lowest BCUT2D eigenvalue weighted by atomic mass is 9.89. The summed E-state index contributed by atoms with van der Waals surface area (Å²) in [6.45, 7) is 6.54. The average molecular weight is 431 g/mol. The zero-order valence-corrected chi connectivity index (χ0v) is 18.4. The molecule has 0 spiro atoms. The number of phenolic OH excluding ortho intramolecular Hbond substituents is 1. The molecule has 0 radical (unpaired) electrons. The molecule has 1 fully saturated rings. The molecule has 0 unspecified atom stereocenters. The summed E-state index contributed by atoms with van der Waals surface area (Å²) in [7, 11) is -3.38. The number of rotatable bonds is 7. The fourth-order valence-electron chi connectivity index (χ4n) is 4.45. The van der Waals surface area contributed by atoms with Crippen molar-refractivity contribution < 1.29 is 18.3 Å². The molecule has 2 aliphatic rings. The number of benzene rings is 2. The molecule has 6 nitrogen and oxygen atoms in total. The Bertz CT molecular complexity index is 985. The molecule has 162 valence electrons. The lowest BCUT2D eigenvalue weighted by Crippen LogP contribution is -2.47. The molecular formula is C23H30N2O4S. The maximum atomic E-state index is 12.4. The number of fused-ring (bicyclic) bond motifs is 1. The molecule has 0 aromatic heterocycles. The van der Waals surface area contributed by atoms with Gasteiger partial charge in [0.05, 0.1) is 12.3 Å². The van der Waals surface area contributed by atoms with Crippen LogP contribution in [-0.4, -0.2) is 61.8 Å². The van der Waals surface area contributed by atoms with E-state index < -0.39 is 16.1 Å². The Morgan fingerprint density at radius 3 is 2.53 bits per heavy atom. The van der Waals surface area contributed by atoms with Gasteiger partial charge >= 0.3 is 0 Å². The molecule has 1 atom stereocenters. The van der Waals surface area contributed by atoms with Gasteiger partial charge in [0.25, 0.3) is 0 Å². The summed E-state index contributed by atoms with van der Waals surface area (Å²) < 4.78 is 32.3. The number of phenols is 1. The van der Waals surface area contributed by atoms with E-state index in [1.54, 1.807) is 12.1 Å². The third kappa shape index (κ3) is 4.48. The normalized spacial score (nSPS) is 20.5. The largest absolute Gasteiger partial charge is 0.508 e. The van der Waals surface area contributed by atoms with E-state index in [9.17, 15) is 13.5 Å². The average Bonchev–Trinajstić information content (AvgIpc) is 2.68. The molecule has 0 aliphatic carbocycles. The third-order valence-corrected chi connectivity index (χ3v) is 7.46. The first kappa shape index (κ1) is 21.2. The summed E-state index contributed by atoms with van der Waals surface area (Å²) in [6, 6.07) is 12.5. The van der Waals surface area contributed by atoms with Gasteiger partial charge in [-0.25, -0.2) is 8.42 Å². The van der Waals surface area contributed by atoms with Crippen LogP contribution in [0.1, 0.15) is 36.1 Å². The van der Waals surface area contributed by atoms with Gasteiger partial charge in [-0.15, -0.1) is 0 Å². The highest BCUT2D eigenvalue weighted by Gasteiger charge is 2.34. The summed E-state index contributed by atoms with van der Waals surface area (Å²) in [6.07, 6.45) is 3.08. The molecule has 2 heterocycles. The minimum atomic E-state index is -3.38. The van der Waals surface area contributed by atoms with E-state index in [1.165, 1.54) is 17.0 Å². The van der Waals surface area contributed by atoms with E-state index in [1.807, 2.05) is 30.3 Å². The summed E-state index contributed by atoms with van der Waals surface area (Å²) >= 11 is 0. The van der Waals surface area contributed by atoms with Crippen LogP contribution < -0.4 is 4.74 Å². The fourth-order valence-corrected chi connectivity index (χ4v) is 5.49. The minimum absolute atomic E-state index is 0.205. The number of ether oxygens (including phenoxy) is 1. The molecule has 2 aromatic rings. The Hall–Kier alpha value is -2.09. The quantitative estimate of drug-likeness (QED) is 0.731. The van der Waals surface area contributed by atoms with Gasteiger partial charge in [0.2, 0.25) is 10.0 Å². The summed E-state index contributed by atoms with van der Waals surface area (Å²) in [5, 5.41) is 9.83. The van der Waals surface area contributed by atoms with Crippen molar-refractivity contribution in [2.45, 2.75) is 25.8 Å². The van der Waals surface area contributed by atoms with Crippen LogP contribution in [0.25, 0.3) is 0 Å². The Morgan fingerprint density at radius 1 is 1.13 bits per heavy atom. The van der Waals surface area contributed by atoms with E-state index >= 15 is 0 Å². The van der Waals surface area contributed by atoms with Gasteiger partial charge in [-0.2, -0.15) is 4.31 Å². The van der Waals surface area contributed by atoms with Gasteiger partial charge in [0, 0.05) is 26.2 Å². The first-order chi connectivity index (χ1) is 14.3. The molecule has 30 heavy (non-hydrogen) atoms. The van der Waals surface area contributed by atoms with Gasteiger partial charge in [-0.05, 0) is 53.3 Å². The van der Waals surface area contributed by atoms with E-state index in [0.29, 0.717) is 19.6 Å². The van der Waals surface area contributed by atoms with Crippen molar-refractivity contribution >= 4 is 10.0 Å². The molecule has 2 aromatic carbocycles. The number of sulfonamides is 1. The molecule has 0 amide bonds. The maximum absolute atomic E-state index is 12.4. The smallest absolute Gasteiger partial charge is 0.212 e. The van der Waals surface area contributed by atoms with Crippen LogP contribution in [0.3, 0.4) is 0 Å². The van der Waals surface area contributed by atoms with Crippen molar-refractivity contribution in [1.82, 2.24) is 9.21 Å². The van der Waals surface area contributed by atoms with Crippen LogP contribution in [0.5, 0.6) is 11.5 Å². The van der Waals surface area contributed by atoms with Crippen LogP contribution in [0.2, 0.25) is 0 Å². The van der Waals surface area contributed by atoms with E-state index in [0.717, 1.165) is 48.0 Å². The second-order valence-corrected chi connectivity index (χ2v) is 10.3. The molecule has 1 saturated heterocycles. The van der Waals surface area contributed by atoms with Crippen LogP contribution >= 0.6 is 0 Å². The Morgan fingerprint density at radius 2 is 1.87 bits per heavy atom. The molecule has 4 rings (SSSR count). The highest BCUT2D eigenvalue weighted by molar-refractivity contribution is 7.88. The van der Waals surface area contributed by atoms with E-state index in [4.69, 9.17) is 4.74 Å². The highest BCUT2D eigenvalue weighted by atomic mass is 32.2. The number of aromatic hydroxyl groups is 1. The molecule has 0 saturated carbocycles. The van der Waals surface area contributed by atoms with E-state index in [2.05, 4.69) is 11.8 Å². The topological polar surface area (TPSA) is 70.1 Å². The van der Waals surface area contributed by atoms with Crippen LogP contribution in [0.4, 0.5) is 0 Å². The first-order valence-corrected chi connectivity index (χ1v) is 12.4. The first-order valence-electron chi connectivity index (χ1n) is 10.6. The Balaban J connectivity index is 1.48. The van der Waals surface area contributed by atoms with Crippen molar-refractivity contribution in [1.29, 1.82) is 0 Å². The Kier molecular flexibility index (Phi) is 6.04. The monoisotopic (exact) mass is 430 g/mol. The lowest BCUT2D eigenvalue weighted by Gasteiger charge is -2.38. The van der Waals surface area contributed by atoms with Gasteiger partial charge in [0.1, 0.15) is 18.1 Å². The number of hydrogen-bond donors (Lipinski definition) is 1. The summed E-state index contributed by atoms with van der Waals surface area (Å²) in [4.78, 5) is 2.40. The second kappa shape index (κ2) is 8.57. The van der Waals surface area contributed by atoms with Crippen LogP contribution in [-0.2, 0) is 16.4 Å². The molecule has 7 heteroatoms. The van der Waals surface area contributed by atoms with Gasteiger partial charge in [-0.1, -0.05) is 31.5 Å². The summed E-state index contributed by atoms with van der Waals surface area (Å²) in [5.41, 5.74) is 2.80. The molecule has 1 N–H and O–H groups in total. The third-order valence-electron chi connectivity index (χ3n) is 6.22. The Labute approximate surface area is 179 Å². The predicted molar refractivity (Wildman–Crippen MR) is 117 cm³/mol. The SMILES string of the molecule is CCC1CN(CCOc2ccc([C@H]3c4ccc(O)cc4CCN3S(C)(=O)=O)cc2)C1. The fraction of sp³-hybridized carbons (Fsp3) is 0.478. The predicted octanol–water partition coefficient (Wildman–Crippen LogP) is 3.02.